The van der Waals surface area contributed by atoms with Crippen LogP contribution in [0.3, 0.4) is 0 Å². The summed E-state index contributed by atoms with van der Waals surface area (Å²) in [6.45, 7) is 0.530. The zero-order chi connectivity index (χ0) is 22.5. The van der Waals surface area contributed by atoms with Gasteiger partial charge in [-0.1, -0.05) is 23.7 Å². The Morgan fingerprint density at radius 1 is 1.22 bits per heavy atom. The van der Waals surface area contributed by atoms with E-state index in [0.29, 0.717) is 28.6 Å². The SMILES string of the molecule is COc1ccc2c(c1)[C@]1(C(=O)N2)[C@H](C(=O)c2cccnc2)[C@@H](c2ccc(Cl)cc2)CN1C. The highest BCUT2D eigenvalue weighted by atomic mass is 35.5. The minimum Gasteiger partial charge on any atom is -0.497 e. The number of nitrogens with one attached hydrogen (secondary N) is 1. The van der Waals surface area contributed by atoms with E-state index < -0.39 is 11.5 Å². The van der Waals surface area contributed by atoms with Gasteiger partial charge < -0.3 is 10.1 Å². The number of hydrogen-bond donors (Lipinski definition) is 1. The van der Waals surface area contributed by atoms with Gasteiger partial charge in [0.15, 0.2) is 5.78 Å². The van der Waals surface area contributed by atoms with Crippen molar-refractivity contribution in [3.63, 3.8) is 0 Å². The van der Waals surface area contributed by atoms with Gasteiger partial charge in [0.1, 0.15) is 11.3 Å². The van der Waals surface area contributed by atoms with Crippen LogP contribution in [0, 0.1) is 5.92 Å². The zero-order valence-electron chi connectivity index (χ0n) is 17.7. The predicted octanol–water partition coefficient (Wildman–Crippen LogP) is 4.12. The Morgan fingerprint density at radius 3 is 2.69 bits per heavy atom. The van der Waals surface area contributed by atoms with E-state index >= 15 is 0 Å². The Labute approximate surface area is 191 Å². The molecule has 0 radical (unpaired) electrons. The number of halogens is 1. The molecule has 5 rings (SSSR count). The number of hydrogen-bond acceptors (Lipinski definition) is 5. The molecule has 0 bridgehead atoms. The maximum atomic E-state index is 14.0. The number of rotatable bonds is 4. The van der Waals surface area contributed by atoms with Crippen LogP contribution in [-0.4, -0.2) is 42.3 Å². The molecule has 0 unspecified atom stereocenters. The zero-order valence-corrected chi connectivity index (χ0v) is 18.5. The van der Waals surface area contributed by atoms with E-state index in [1.165, 1.54) is 0 Å². The van der Waals surface area contributed by atoms with Gasteiger partial charge in [0.05, 0.1) is 13.0 Å². The van der Waals surface area contributed by atoms with Gasteiger partial charge in [-0.3, -0.25) is 19.5 Å². The van der Waals surface area contributed by atoms with Crippen LogP contribution in [0.1, 0.15) is 27.4 Å². The minimum atomic E-state index is -1.17. The van der Waals surface area contributed by atoms with Crippen molar-refractivity contribution in [2.24, 2.45) is 5.92 Å². The summed E-state index contributed by atoms with van der Waals surface area (Å²) in [4.78, 5) is 33.8. The molecule has 2 aliphatic heterocycles. The number of fused-ring (bicyclic) bond motifs is 2. The smallest absolute Gasteiger partial charge is 0.250 e. The Balaban J connectivity index is 1.74. The van der Waals surface area contributed by atoms with E-state index in [9.17, 15) is 9.59 Å². The second kappa shape index (κ2) is 7.73. The molecule has 0 saturated carbocycles. The molecule has 32 heavy (non-hydrogen) atoms. The number of likely N-dealkylation sites (N-methyl/N-ethyl adjacent to an activating group) is 1. The molecule has 1 fully saturated rings. The maximum absolute atomic E-state index is 14.0. The number of anilines is 1. The summed E-state index contributed by atoms with van der Waals surface area (Å²) in [6, 6.07) is 16.5. The monoisotopic (exact) mass is 447 g/mol. The van der Waals surface area contributed by atoms with E-state index in [0.717, 1.165) is 11.1 Å². The second-order valence-corrected chi connectivity index (χ2v) is 8.69. The van der Waals surface area contributed by atoms with Crippen LogP contribution >= 0.6 is 11.6 Å². The van der Waals surface area contributed by atoms with Gasteiger partial charge in [-0.15, -0.1) is 0 Å². The highest BCUT2D eigenvalue weighted by molar-refractivity contribution is 6.30. The minimum absolute atomic E-state index is 0.117. The van der Waals surface area contributed by atoms with Crippen molar-refractivity contribution >= 4 is 29.0 Å². The van der Waals surface area contributed by atoms with Crippen LogP contribution in [0.2, 0.25) is 5.02 Å². The summed E-state index contributed by atoms with van der Waals surface area (Å²) < 4.78 is 5.45. The molecular weight excluding hydrogens is 426 g/mol. The third-order valence-electron chi connectivity index (χ3n) is 6.68. The lowest BCUT2D eigenvalue weighted by molar-refractivity contribution is -0.126. The van der Waals surface area contributed by atoms with Gasteiger partial charge >= 0.3 is 0 Å². The molecule has 6 nitrogen and oxygen atoms in total. The summed E-state index contributed by atoms with van der Waals surface area (Å²) in [5, 5.41) is 3.63. The van der Waals surface area contributed by atoms with Crippen molar-refractivity contribution in [2.75, 3.05) is 26.0 Å². The van der Waals surface area contributed by atoms with Gasteiger partial charge in [-0.05, 0) is 55.1 Å². The molecule has 3 heterocycles. The number of likely N-dealkylation sites (tertiary alicyclic amines) is 1. The molecule has 1 amide bonds. The van der Waals surface area contributed by atoms with Gasteiger partial charge in [0.25, 0.3) is 0 Å². The molecule has 0 aliphatic carbocycles. The third kappa shape index (κ3) is 2.94. The average Bonchev–Trinajstić information content (AvgIpc) is 3.29. The number of Topliss-reactive ketones (excluding diaryl/α,β-unsaturated/α-hetero) is 1. The number of nitrogens with zero attached hydrogens (tertiary/aromatic N) is 2. The molecule has 2 aromatic carbocycles. The first-order valence-corrected chi connectivity index (χ1v) is 10.8. The summed E-state index contributed by atoms with van der Waals surface area (Å²) in [7, 11) is 3.49. The topological polar surface area (TPSA) is 71.5 Å². The van der Waals surface area contributed by atoms with E-state index in [2.05, 4.69) is 10.3 Å². The van der Waals surface area contributed by atoms with Crippen LogP contribution in [-0.2, 0) is 10.3 Å². The fraction of sp³-hybridized carbons (Fsp3) is 0.240. The quantitative estimate of drug-likeness (QED) is 0.609. The van der Waals surface area contributed by atoms with Crippen LogP contribution in [0.5, 0.6) is 5.75 Å². The van der Waals surface area contributed by atoms with Crippen molar-refractivity contribution < 1.29 is 14.3 Å². The number of benzene rings is 2. The number of methoxy groups -OCH3 is 1. The molecule has 3 aromatic rings. The summed E-state index contributed by atoms with van der Waals surface area (Å²) in [6.07, 6.45) is 3.19. The fourth-order valence-electron chi connectivity index (χ4n) is 5.24. The molecule has 2 aliphatic rings. The maximum Gasteiger partial charge on any atom is 0.250 e. The highest BCUT2D eigenvalue weighted by Crippen LogP contribution is 2.56. The van der Waals surface area contributed by atoms with Crippen LogP contribution in [0.4, 0.5) is 5.69 Å². The number of carbonyl (C=O) groups is 2. The Hall–Kier alpha value is -3.22. The van der Waals surface area contributed by atoms with E-state index in [1.807, 2.05) is 54.4 Å². The van der Waals surface area contributed by atoms with Crippen LogP contribution < -0.4 is 10.1 Å². The molecule has 1 N–H and O–H groups in total. The molecule has 1 saturated heterocycles. The molecule has 7 heteroatoms. The van der Waals surface area contributed by atoms with E-state index in [-0.39, 0.29) is 17.6 Å². The molecule has 162 valence electrons. The number of carbonyl (C=O) groups excluding carboxylic acids is 2. The molecule has 1 spiro atoms. The second-order valence-electron chi connectivity index (χ2n) is 8.25. The summed E-state index contributed by atoms with van der Waals surface area (Å²) in [5.41, 5.74) is 1.73. The summed E-state index contributed by atoms with van der Waals surface area (Å²) >= 11 is 6.12. The standard InChI is InChI=1S/C25H22ClN3O3/c1-29-14-19(15-5-7-17(26)8-6-15)22(23(30)16-4-3-11-27-13-16)25(29)20-12-18(32-2)9-10-21(20)28-24(25)31/h3-13,19,22H,14H2,1-2H3,(H,28,31)/t19-,22+,25-/m1/s1. The van der Waals surface area contributed by atoms with Crippen molar-refractivity contribution in [3.05, 3.63) is 88.7 Å². The van der Waals surface area contributed by atoms with Gasteiger partial charge in [0, 0.05) is 46.7 Å². The van der Waals surface area contributed by atoms with Gasteiger partial charge in [-0.2, -0.15) is 0 Å². The number of ketones is 1. The van der Waals surface area contributed by atoms with Crippen molar-refractivity contribution in [2.45, 2.75) is 11.5 Å². The van der Waals surface area contributed by atoms with Gasteiger partial charge in [0.2, 0.25) is 5.91 Å². The third-order valence-corrected chi connectivity index (χ3v) is 6.94. The summed E-state index contributed by atoms with van der Waals surface area (Å²) in [5.74, 6) is -0.565. The van der Waals surface area contributed by atoms with E-state index in [4.69, 9.17) is 16.3 Å². The first-order valence-electron chi connectivity index (χ1n) is 10.4. The van der Waals surface area contributed by atoms with Crippen LogP contribution in [0.25, 0.3) is 0 Å². The largest absolute Gasteiger partial charge is 0.497 e. The predicted molar refractivity (Wildman–Crippen MR) is 122 cm³/mol. The molecular formula is C25H22ClN3O3. The van der Waals surface area contributed by atoms with Crippen molar-refractivity contribution in [1.29, 1.82) is 0 Å². The van der Waals surface area contributed by atoms with Crippen molar-refractivity contribution in [1.82, 2.24) is 9.88 Å². The van der Waals surface area contributed by atoms with E-state index in [1.54, 1.807) is 31.6 Å². The van der Waals surface area contributed by atoms with Gasteiger partial charge in [-0.25, -0.2) is 0 Å². The van der Waals surface area contributed by atoms with Crippen molar-refractivity contribution in [3.8, 4) is 5.75 Å². The highest BCUT2D eigenvalue weighted by Gasteiger charge is 2.64. The number of aromatic nitrogens is 1. The lowest BCUT2D eigenvalue weighted by atomic mass is 9.70. The number of ether oxygens (including phenoxy) is 1. The van der Waals surface area contributed by atoms with Crippen LogP contribution in [0.15, 0.2) is 67.0 Å². The lowest BCUT2D eigenvalue weighted by Crippen LogP contribution is -2.51. The molecule has 1 aromatic heterocycles. The fourth-order valence-corrected chi connectivity index (χ4v) is 5.37. The lowest BCUT2D eigenvalue weighted by Gasteiger charge is -2.35. The Morgan fingerprint density at radius 2 is 2.00 bits per heavy atom. The first kappa shape index (κ1) is 20.7. The number of pyridine rings is 1. The normalized spacial score (nSPS) is 24.4. The Kier molecular flexibility index (Phi) is 4.99. The average molecular weight is 448 g/mol. The molecule has 3 atom stereocenters. The Bertz CT molecular complexity index is 1200. The first-order chi connectivity index (χ1) is 15.5. The number of amides is 1.